The smallest absolute Gasteiger partial charge is 0.309 e. The zero-order chi connectivity index (χ0) is 12.6. The maximum atomic E-state index is 11.1. The summed E-state index contributed by atoms with van der Waals surface area (Å²) in [5.74, 6) is -1.47. The molecule has 0 saturated carbocycles. The number of ether oxygens (including phenoxy) is 1. The van der Waals surface area contributed by atoms with Gasteiger partial charge in [0.15, 0.2) is 0 Å². The summed E-state index contributed by atoms with van der Waals surface area (Å²) < 4.78 is 5.18. The van der Waals surface area contributed by atoms with E-state index < -0.39 is 11.8 Å². The first-order chi connectivity index (χ1) is 7.43. The van der Waals surface area contributed by atoms with Crippen molar-refractivity contribution >= 4 is 29.0 Å². The van der Waals surface area contributed by atoms with E-state index >= 15 is 0 Å². The molecule has 4 N–H and O–H groups in total. The Morgan fingerprint density at radius 1 is 1.31 bits per heavy atom. The monoisotopic (exact) mass is 247 g/mol. The molecule has 0 fully saturated rings. The van der Waals surface area contributed by atoms with Crippen molar-refractivity contribution < 1.29 is 14.3 Å². The van der Waals surface area contributed by atoms with Crippen LogP contribution in [-0.4, -0.2) is 42.6 Å². The number of rotatable bonds is 6. The van der Waals surface area contributed by atoms with Crippen molar-refractivity contribution in [1.29, 1.82) is 0 Å². The molecule has 92 valence electrons. The maximum Gasteiger partial charge on any atom is 0.309 e. The molecule has 0 spiro atoms. The van der Waals surface area contributed by atoms with E-state index in [0.717, 1.165) is 0 Å². The summed E-state index contributed by atoms with van der Waals surface area (Å²) in [4.78, 5) is 22.4. The molecule has 0 aliphatic carbocycles. The first kappa shape index (κ1) is 14.8. The van der Waals surface area contributed by atoms with Crippen LogP contribution in [0.2, 0.25) is 0 Å². The van der Waals surface area contributed by atoms with Gasteiger partial charge >= 0.3 is 11.8 Å². The highest BCUT2D eigenvalue weighted by Crippen LogP contribution is 1.84. The molecule has 0 unspecified atom stereocenters. The van der Waals surface area contributed by atoms with Gasteiger partial charge in [-0.25, -0.2) is 0 Å². The predicted octanol–water partition coefficient (Wildman–Crippen LogP) is -1.07. The summed E-state index contributed by atoms with van der Waals surface area (Å²) in [5.41, 5.74) is 5.16. The lowest BCUT2D eigenvalue weighted by Crippen LogP contribution is -2.43. The fourth-order valence-corrected chi connectivity index (χ4v) is 0.859. The number of nitrogens with two attached hydrogens (primary N) is 1. The second-order valence-electron chi connectivity index (χ2n) is 3.32. The third-order valence-electron chi connectivity index (χ3n) is 1.47. The Kier molecular flexibility index (Phi) is 7.40. The van der Waals surface area contributed by atoms with E-state index in [1.54, 1.807) is 0 Å². The number of thiocarbonyl (C=S) groups is 1. The van der Waals surface area contributed by atoms with Crippen molar-refractivity contribution in [3.05, 3.63) is 0 Å². The van der Waals surface area contributed by atoms with Gasteiger partial charge in [-0.15, -0.1) is 0 Å². The van der Waals surface area contributed by atoms with E-state index in [2.05, 4.69) is 22.9 Å². The molecule has 0 radical (unpaired) electrons. The lowest BCUT2D eigenvalue weighted by molar-refractivity contribution is -0.139. The molecule has 16 heavy (non-hydrogen) atoms. The largest absolute Gasteiger partial charge is 0.392 e. The second-order valence-corrected chi connectivity index (χ2v) is 3.85. The Morgan fingerprint density at radius 3 is 2.38 bits per heavy atom. The molecule has 0 heterocycles. The molecule has 0 atom stereocenters. The molecule has 2 amide bonds. The van der Waals surface area contributed by atoms with Gasteiger partial charge < -0.3 is 21.1 Å². The first-order valence-corrected chi connectivity index (χ1v) is 5.30. The van der Waals surface area contributed by atoms with Crippen LogP contribution in [0, 0.1) is 0 Å². The number of nitrogens with one attached hydrogen (secondary N) is 2. The molecule has 0 bridgehead atoms. The van der Waals surface area contributed by atoms with E-state index in [1.165, 1.54) is 0 Å². The lowest BCUT2D eigenvalue weighted by Gasteiger charge is -2.08. The van der Waals surface area contributed by atoms with Gasteiger partial charge in [0.05, 0.1) is 24.2 Å². The molecule has 0 aliphatic heterocycles. The van der Waals surface area contributed by atoms with Crippen molar-refractivity contribution in [2.75, 3.05) is 19.7 Å². The molecule has 0 aromatic heterocycles. The van der Waals surface area contributed by atoms with E-state index in [4.69, 9.17) is 10.5 Å². The fraction of sp³-hybridized carbons (Fsp3) is 0.667. The Bertz CT molecular complexity index is 269. The number of hydrogen-bond donors (Lipinski definition) is 3. The van der Waals surface area contributed by atoms with Gasteiger partial charge in [-0.05, 0) is 13.8 Å². The van der Waals surface area contributed by atoms with E-state index in [9.17, 15) is 9.59 Å². The van der Waals surface area contributed by atoms with E-state index in [1.807, 2.05) is 13.8 Å². The Hall–Kier alpha value is -1.21. The molecule has 0 aliphatic rings. The van der Waals surface area contributed by atoms with Crippen LogP contribution >= 0.6 is 12.2 Å². The minimum atomic E-state index is -0.752. The molecule has 7 heteroatoms. The molecular formula is C9H17N3O3S. The maximum absolute atomic E-state index is 11.1. The fourth-order valence-electron chi connectivity index (χ4n) is 0.787. The van der Waals surface area contributed by atoms with Crippen LogP contribution in [0.5, 0.6) is 0 Å². The SMILES string of the molecule is CC(C)OCCNC(=O)C(=O)NCC(N)=S. The van der Waals surface area contributed by atoms with Crippen LogP contribution in [0.25, 0.3) is 0 Å². The van der Waals surface area contributed by atoms with Gasteiger partial charge in [0.25, 0.3) is 0 Å². The third kappa shape index (κ3) is 8.13. The summed E-state index contributed by atoms with van der Waals surface area (Å²) in [6.07, 6.45) is 0.0975. The van der Waals surface area contributed by atoms with Crippen LogP contribution in [0.3, 0.4) is 0 Å². The zero-order valence-electron chi connectivity index (χ0n) is 9.41. The summed E-state index contributed by atoms with van der Waals surface area (Å²) in [6.45, 7) is 4.45. The van der Waals surface area contributed by atoms with Gasteiger partial charge in [-0.2, -0.15) is 0 Å². The number of carbonyl (C=O) groups excluding carboxylic acids is 2. The highest BCUT2D eigenvalue weighted by molar-refractivity contribution is 7.80. The quantitative estimate of drug-likeness (QED) is 0.316. The Morgan fingerprint density at radius 2 is 1.88 bits per heavy atom. The van der Waals surface area contributed by atoms with Crippen LogP contribution < -0.4 is 16.4 Å². The molecule has 0 aromatic carbocycles. The third-order valence-corrected chi connectivity index (χ3v) is 1.61. The molecule has 0 saturated heterocycles. The van der Waals surface area contributed by atoms with E-state index in [0.29, 0.717) is 6.61 Å². The standard InChI is InChI=1S/C9H17N3O3S/c1-6(2)15-4-3-11-8(13)9(14)12-5-7(10)16/h6H,3-5H2,1-2H3,(H2,10,16)(H,11,13)(H,12,14). The summed E-state index contributed by atoms with van der Waals surface area (Å²) in [6, 6.07) is 0. The number of hydrogen-bond acceptors (Lipinski definition) is 4. The minimum absolute atomic E-state index is 0.0179. The predicted molar refractivity (Wildman–Crippen MR) is 63.9 cm³/mol. The lowest BCUT2D eigenvalue weighted by atomic mass is 10.4. The van der Waals surface area contributed by atoms with Crippen molar-refractivity contribution in [2.24, 2.45) is 5.73 Å². The molecule has 6 nitrogen and oxygen atoms in total. The van der Waals surface area contributed by atoms with Crippen LogP contribution in [0.15, 0.2) is 0 Å². The topological polar surface area (TPSA) is 93.4 Å². The van der Waals surface area contributed by atoms with Gasteiger partial charge in [0.1, 0.15) is 0 Å². The van der Waals surface area contributed by atoms with Gasteiger partial charge in [0, 0.05) is 6.54 Å². The Balaban J connectivity index is 3.63. The van der Waals surface area contributed by atoms with Gasteiger partial charge in [-0.3, -0.25) is 9.59 Å². The summed E-state index contributed by atoms with van der Waals surface area (Å²) >= 11 is 4.55. The van der Waals surface area contributed by atoms with Crippen molar-refractivity contribution in [3.8, 4) is 0 Å². The van der Waals surface area contributed by atoms with Crippen LogP contribution in [0.1, 0.15) is 13.8 Å². The minimum Gasteiger partial charge on any atom is -0.392 e. The number of amides is 2. The highest BCUT2D eigenvalue weighted by Gasteiger charge is 2.11. The average Bonchev–Trinajstić information content (AvgIpc) is 2.20. The van der Waals surface area contributed by atoms with Gasteiger partial charge in [0.2, 0.25) is 0 Å². The van der Waals surface area contributed by atoms with Crippen molar-refractivity contribution in [1.82, 2.24) is 10.6 Å². The molecule has 0 aromatic rings. The first-order valence-electron chi connectivity index (χ1n) is 4.89. The van der Waals surface area contributed by atoms with Gasteiger partial charge in [-0.1, -0.05) is 12.2 Å². The molecular weight excluding hydrogens is 230 g/mol. The second kappa shape index (κ2) is 8.00. The van der Waals surface area contributed by atoms with Crippen LogP contribution in [0.4, 0.5) is 0 Å². The average molecular weight is 247 g/mol. The normalized spacial score (nSPS) is 9.94. The highest BCUT2D eigenvalue weighted by atomic mass is 32.1. The number of carbonyl (C=O) groups is 2. The Labute approximate surface area is 99.9 Å². The zero-order valence-corrected chi connectivity index (χ0v) is 10.2. The van der Waals surface area contributed by atoms with E-state index in [-0.39, 0.29) is 24.2 Å². The van der Waals surface area contributed by atoms with Crippen molar-refractivity contribution in [3.63, 3.8) is 0 Å². The van der Waals surface area contributed by atoms with Crippen LogP contribution in [-0.2, 0) is 14.3 Å². The summed E-state index contributed by atoms with van der Waals surface area (Å²) in [7, 11) is 0. The summed E-state index contributed by atoms with van der Waals surface area (Å²) in [5, 5.41) is 4.68. The molecule has 0 rings (SSSR count). The van der Waals surface area contributed by atoms with Crippen molar-refractivity contribution in [2.45, 2.75) is 20.0 Å².